The van der Waals surface area contributed by atoms with Crippen molar-refractivity contribution < 1.29 is 4.79 Å². The summed E-state index contributed by atoms with van der Waals surface area (Å²) in [6, 6.07) is 14.3. The number of hydrogen-bond donors (Lipinski definition) is 1. The van der Waals surface area contributed by atoms with Gasteiger partial charge in [-0.25, -0.2) is 0 Å². The van der Waals surface area contributed by atoms with Crippen molar-refractivity contribution in [3.63, 3.8) is 0 Å². The summed E-state index contributed by atoms with van der Waals surface area (Å²) >= 11 is 0. The molecule has 1 amide bonds. The first-order chi connectivity index (χ1) is 12.7. The summed E-state index contributed by atoms with van der Waals surface area (Å²) in [6.07, 6.45) is 2.64. The summed E-state index contributed by atoms with van der Waals surface area (Å²) in [7, 11) is 0. The highest BCUT2D eigenvalue weighted by atomic mass is 35.5. The third-order valence-corrected chi connectivity index (χ3v) is 4.68. The number of anilines is 1. The number of aromatic nitrogens is 1. The molecule has 1 aromatic carbocycles. The predicted molar refractivity (Wildman–Crippen MR) is 109 cm³/mol. The zero-order valence-corrected chi connectivity index (χ0v) is 16.0. The number of primary amides is 1. The summed E-state index contributed by atoms with van der Waals surface area (Å²) in [6.45, 7) is 4.32. The molecular weight excluding hydrogens is 362 g/mol. The van der Waals surface area contributed by atoms with Gasteiger partial charge >= 0.3 is 0 Å². The molecule has 1 fully saturated rings. The van der Waals surface area contributed by atoms with Gasteiger partial charge in [0.25, 0.3) is 0 Å². The first-order valence-electron chi connectivity index (χ1n) is 8.84. The Balaban J connectivity index is 0.00000261. The number of nitriles is 1. The number of halogens is 1. The Labute approximate surface area is 166 Å². The van der Waals surface area contributed by atoms with Gasteiger partial charge in [0, 0.05) is 50.9 Å². The highest BCUT2D eigenvalue weighted by Crippen LogP contribution is 2.29. The first kappa shape index (κ1) is 20.7. The van der Waals surface area contributed by atoms with Crippen molar-refractivity contribution >= 4 is 24.0 Å². The smallest absolute Gasteiger partial charge is 0.218 e. The first-order valence-corrected chi connectivity index (χ1v) is 8.84. The average Bonchev–Trinajstić information content (AvgIpc) is 2.68. The summed E-state index contributed by atoms with van der Waals surface area (Å²) in [5.74, 6) is -0.248. The number of pyridine rings is 1. The monoisotopic (exact) mass is 385 g/mol. The molecule has 1 aliphatic rings. The van der Waals surface area contributed by atoms with Crippen LogP contribution in [0.4, 0.5) is 5.69 Å². The van der Waals surface area contributed by atoms with Crippen molar-refractivity contribution in [2.75, 3.05) is 37.6 Å². The number of amides is 1. The van der Waals surface area contributed by atoms with Crippen molar-refractivity contribution in [1.82, 2.24) is 9.88 Å². The van der Waals surface area contributed by atoms with Crippen molar-refractivity contribution in [3.05, 3.63) is 48.2 Å². The van der Waals surface area contributed by atoms with E-state index in [2.05, 4.69) is 26.9 Å². The minimum atomic E-state index is -0.248. The number of nitrogens with two attached hydrogens (primary N) is 1. The number of hydrogen-bond acceptors (Lipinski definition) is 5. The molecule has 0 saturated carbocycles. The fourth-order valence-corrected chi connectivity index (χ4v) is 3.23. The lowest BCUT2D eigenvalue weighted by atomic mass is 10.0. The Morgan fingerprint density at radius 2 is 1.85 bits per heavy atom. The standard InChI is InChI=1S/C20H23N5O.ClH/c21-9-7-16-3-5-17(6-4-16)20-18(2-1-10-23-20)25-14-12-24(13-15-25)11-8-19(22)26;/h1-6,10H,7-8,11-15H2,(H2,22,26);1H. The van der Waals surface area contributed by atoms with Crippen LogP contribution in [0.2, 0.25) is 0 Å². The number of rotatable bonds is 6. The van der Waals surface area contributed by atoms with Crippen LogP contribution in [0.15, 0.2) is 42.6 Å². The fraction of sp³-hybridized carbons (Fsp3) is 0.350. The molecule has 1 aliphatic heterocycles. The van der Waals surface area contributed by atoms with E-state index in [4.69, 9.17) is 11.0 Å². The van der Waals surface area contributed by atoms with Crippen LogP contribution in [0.5, 0.6) is 0 Å². The normalized spacial score (nSPS) is 14.3. The van der Waals surface area contributed by atoms with E-state index in [0.29, 0.717) is 12.8 Å². The largest absolute Gasteiger partial charge is 0.370 e. The van der Waals surface area contributed by atoms with Crippen LogP contribution in [0.3, 0.4) is 0 Å². The van der Waals surface area contributed by atoms with Crippen molar-refractivity contribution in [3.8, 4) is 17.3 Å². The molecule has 0 spiro atoms. The van der Waals surface area contributed by atoms with E-state index in [1.165, 1.54) is 0 Å². The minimum Gasteiger partial charge on any atom is -0.370 e. The van der Waals surface area contributed by atoms with E-state index >= 15 is 0 Å². The van der Waals surface area contributed by atoms with Gasteiger partial charge in [0.15, 0.2) is 0 Å². The van der Waals surface area contributed by atoms with Gasteiger partial charge in [0.2, 0.25) is 5.91 Å². The van der Waals surface area contributed by atoms with Gasteiger partial charge in [-0.3, -0.25) is 14.7 Å². The van der Waals surface area contributed by atoms with E-state index < -0.39 is 0 Å². The molecule has 7 heteroatoms. The second-order valence-electron chi connectivity index (χ2n) is 6.45. The predicted octanol–water partition coefficient (Wildman–Crippen LogP) is 2.23. The second kappa shape index (κ2) is 9.91. The van der Waals surface area contributed by atoms with Crippen LogP contribution in [-0.2, 0) is 11.2 Å². The van der Waals surface area contributed by atoms with Gasteiger partial charge in [-0.2, -0.15) is 5.26 Å². The number of benzene rings is 1. The van der Waals surface area contributed by atoms with Crippen molar-refractivity contribution in [1.29, 1.82) is 5.26 Å². The molecular formula is C20H24ClN5O. The molecule has 2 aromatic rings. The number of piperazine rings is 1. The van der Waals surface area contributed by atoms with Crippen LogP contribution in [0.1, 0.15) is 12.0 Å². The Hall–Kier alpha value is -2.62. The lowest BCUT2D eigenvalue weighted by Crippen LogP contribution is -2.47. The molecule has 0 unspecified atom stereocenters. The maximum Gasteiger partial charge on any atom is 0.218 e. The molecule has 2 heterocycles. The van der Waals surface area contributed by atoms with E-state index in [-0.39, 0.29) is 18.3 Å². The molecule has 1 aromatic heterocycles. The van der Waals surface area contributed by atoms with Crippen LogP contribution >= 0.6 is 12.4 Å². The zero-order chi connectivity index (χ0) is 18.4. The Kier molecular flexibility index (Phi) is 7.59. The number of carbonyl (C=O) groups is 1. The molecule has 0 radical (unpaired) electrons. The maximum absolute atomic E-state index is 11.0. The third-order valence-electron chi connectivity index (χ3n) is 4.68. The summed E-state index contributed by atoms with van der Waals surface area (Å²) in [5.41, 5.74) is 9.39. The van der Waals surface area contributed by atoms with Crippen LogP contribution in [-0.4, -0.2) is 48.5 Å². The zero-order valence-electron chi connectivity index (χ0n) is 15.2. The van der Waals surface area contributed by atoms with E-state index in [9.17, 15) is 4.79 Å². The quantitative estimate of drug-likeness (QED) is 0.824. The average molecular weight is 386 g/mol. The van der Waals surface area contributed by atoms with Crippen molar-refractivity contribution in [2.45, 2.75) is 12.8 Å². The van der Waals surface area contributed by atoms with Gasteiger partial charge < -0.3 is 10.6 Å². The Morgan fingerprint density at radius 3 is 2.48 bits per heavy atom. The highest BCUT2D eigenvalue weighted by Gasteiger charge is 2.20. The second-order valence-corrected chi connectivity index (χ2v) is 6.45. The Bertz CT molecular complexity index is 795. The van der Waals surface area contributed by atoms with Gasteiger partial charge in [-0.15, -0.1) is 12.4 Å². The summed E-state index contributed by atoms with van der Waals surface area (Å²) in [4.78, 5) is 20.2. The molecule has 0 atom stereocenters. The van der Waals surface area contributed by atoms with E-state index in [1.807, 2.05) is 36.5 Å². The van der Waals surface area contributed by atoms with E-state index in [1.54, 1.807) is 0 Å². The van der Waals surface area contributed by atoms with Gasteiger partial charge in [-0.05, 0) is 17.7 Å². The lowest BCUT2D eigenvalue weighted by molar-refractivity contribution is -0.118. The SMILES string of the molecule is Cl.N#CCc1ccc(-c2ncccc2N2CCN(CCC(N)=O)CC2)cc1. The van der Waals surface area contributed by atoms with Crippen molar-refractivity contribution in [2.24, 2.45) is 5.73 Å². The highest BCUT2D eigenvalue weighted by molar-refractivity contribution is 5.85. The van der Waals surface area contributed by atoms with Crippen LogP contribution in [0.25, 0.3) is 11.3 Å². The minimum absolute atomic E-state index is 0. The van der Waals surface area contributed by atoms with Crippen LogP contribution in [0, 0.1) is 11.3 Å². The summed E-state index contributed by atoms with van der Waals surface area (Å²) in [5, 5.41) is 8.81. The lowest BCUT2D eigenvalue weighted by Gasteiger charge is -2.36. The number of carbonyl (C=O) groups excluding carboxylic acids is 1. The molecule has 0 aliphatic carbocycles. The molecule has 1 saturated heterocycles. The molecule has 27 heavy (non-hydrogen) atoms. The molecule has 142 valence electrons. The Morgan fingerprint density at radius 1 is 1.15 bits per heavy atom. The third kappa shape index (κ3) is 5.43. The topological polar surface area (TPSA) is 86.2 Å². The van der Waals surface area contributed by atoms with Gasteiger partial charge in [0.1, 0.15) is 0 Å². The van der Waals surface area contributed by atoms with Crippen LogP contribution < -0.4 is 10.6 Å². The summed E-state index contributed by atoms with van der Waals surface area (Å²) < 4.78 is 0. The van der Waals surface area contributed by atoms with Gasteiger partial charge in [-0.1, -0.05) is 24.3 Å². The maximum atomic E-state index is 11.0. The molecule has 0 bridgehead atoms. The fourth-order valence-electron chi connectivity index (χ4n) is 3.23. The molecule has 6 nitrogen and oxygen atoms in total. The molecule has 2 N–H and O–H groups in total. The number of nitrogens with zero attached hydrogens (tertiary/aromatic N) is 4. The molecule has 3 rings (SSSR count). The van der Waals surface area contributed by atoms with Gasteiger partial charge in [0.05, 0.1) is 23.9 Å². The van der Waals surface area contributed by atoms with E-state index in [0.717, 1.165) is 55.2 Å².